The second-order valence-corrected chi connectivity index (χ2v) is 7.97. The molecule has 31 heavy (non-hydrogen) atoms. The van der Waals surface area contributed by atoms with E-state index in [2.05, 4.69) is 54.0 Å². The molecule has 0 atom stereocenters. The molecule has 0 aliphatic heterocycles. The van der Waals surface area contributed by atoms with Crippen LogP contribution in [0.2, 0.25) is 5.02 Å². The van der Waals surface area contributed by atoms with Crippen molar-refractivity contribution in [3.8, 4) is 11.4 Å². The number of hydrogen-bond acceptors (Lipinski definition) is 6. The number of fused-ring (bicyclic) bond motifs is 1. The molecule has 2 aromatic heterocycles. The molecule has 8 heteroatoms. The number of para-hydroxylation sites is 1. The maximum absolute atomic E-state index is 6.39. The first-order chi connectivity index (χ1) is 15.3. The Labute approximate surface area is 185 Å². The molecule has 2 heterocycles. The van der Waals surface area contributed by atoms with Gasteiger partial charge < -0.3 is 10.6 Å². The van der Waals surface area contributed by atoms with E-state index in [9.17, 15) is 0 Å². The largest absolute Gasteiger partial charge is 0.338 e. The van der Waals surface area contributed by atoms with Crippen molar-refractivity contribution < 1.29 is 0 Å². The van der Waals surface area contributed by atoms with Gasteiger partial charge in [0.05, 0.1) is 11.9 Å². The molecule has 156 valence electrons. The van der Waals surface area contributed by atoms with E-state index in [1.54, 1.807) is 6.20 Å². The summed E-state index contributed by atoms with van der Waals surface area (Å²) >= 11 is 6.39. The molecular formula is C23H22ClN7. The molecule has 0 spiro atoms. The predicted molar refractivity (Wildman–Crippen MR) is 123 cm³/mol. The van der Waals surface area contributed by atoms with Gasteiger partial charge in [0.15, 0.2) is 11.6 Å². The van der Waals surface area contributed by atoms with Gasteiger partial charge in [0.1, 0.15) is 11.3 Å². The highest BCUT2D eigenvalue weighted by atomic mass is 35.5. The minimum atomic E-state index is 0.430. The predicted octanol–water partition coefficient (Wildman–Crippen LogP) is 5.67. The molecule has 1 aliphatic rings. The van der Waals surface area contributed by atoms with Gasteiger partial charge in [0.25, 0.3) is 0 Å². The monoisotopic (exact) mass is 431 g/mol. The summed E-state index contributed by atoms with van der Waals surface area (Å²) in [6.07, 6.45) is 9.16. The number of nitrogens with one attached hydrogen (secondary N) is 3. The molecule has 1 aliphatic carbocycles. The Hall–Kier alpha value is -3.45. The second-order valence-electron chi connectivity index (χ2n) is 7.56. The lowest BCUT2D eigenvalue weighted by Crippen LogP contribution is -2.03. The van der Waals surface area contributed by atoms with Gasteiger partial charge in [0.2, 0.25) is 5.95 Å². The van der Waals surface area contributed by atoms with Gasteiger partial charge in [-0.25, -0.2) is 9.97 Å². The summed E-state index contributed by atoms with van der Waals surface area (Å²) in [4.78, 5) is 13.2. The van der Waals surface area contributed by atoms with Gasteiger partial charge >= 0.3 is 0 Å². The number of benzene rings is 2. The third-order valence-corrected chi connectivity index (χ3v) is 5.73. The standard InChI is InChI=1S/C23H22ClN7/c24-19-13-25-23(28-17-11-10-15-6-2-1-3-7-16(15)12-17)30-22(19)29-20-9-5-4-8-18(20)21-26-14-27-31-21/h4-5,8-14H,1-3,6-7H2,(H,26,27,31)(H2,25,28,29,30). The maximum Gasteiger partial charge on any atom is 0.229 e. The summed E-state index contributed by atoms with van der Waals surface area (Å²) < 4.78 is 0. The minimum Gasteiger partial charge on any atom is -0.338 e. The summed E-state index contributed by atoms with van der Waals surface area (Å²) in [5.41, 5.74) is 5.53. The highest BCUT2D eigenvalue weighted by molar-refractivity contribution is 6.33. The van der Waals surface area contributed by atoms with Gasteiger partial charge in [-0.2, -0.15) is 10.1 Å². The van der Waals surface area contributed by atoms with Crippen LogP contribution in [0.3, 0.4) is 0 Å². The number of aromatic amines is 1. The Morgan fingerprint density at radius 2 is 1.77 bits per heavy atom. The van der Waals surface area contributed by atoms with Gasteiger partial charge in [-0.3, -0.25) is 5.10 Å². The van der Waals surface area contributed by atoms with Crippen molar-refractivity contribution in [2.45, 2.75) is 32.1 Å². The van der Waals surface area contributed by atoms with Crippen LogP contribution in [0.4, 0.5) is 23.1 Å². The lowest BCUT2D eigenvalue weighted by Gasteiger charge is -2.13. The van der Waals surface area contributed by atoms with Crippen LogP contribution in [0.25, 0.3) is 11.4 Å². The van der Waals surface area contributed by atoms with E-state index in [1.807, 2.05) is 24.3 Å². The minimum absolute atomic E-state index is 0.430. The fraction of sp³-hybridized carbons (Fsp3) is 0.217. The fourth-order valence-corrected chi connectivity index (χ4v) is 4.03. The van der Waals surface area contributed by atoms with Gasteiger partial charge in [-0.1, -0.05) is 36.2 Å². The zero-order valence-electron chi connectivity index (χ0n) is 16.9. The average Bonchev–Trinajstić information content (AvgIpc) is 3.22. The van der Waals surface area contributed by atoms with E-state index in [0.29, 0.717) is 22.6 Å². The van der Waals surface area contributed by atoms with Crippen molar-refractivity contribution in [1.82, 2.24) is 25.1 Å². The Morgan fingerprint density at radius 3 is 2.65 bits per heavy atom. The van der Waals surface area contributed by atoms with Crippen LogP contribution in [0, 0.1) is 0 Å². The Kier molecular flexibility index (Phi) is 5.50. The van der Waals surface area contributed by atoms with Crippen molar-refractivity contribution in [2.24, 2.45) is 0 Å². The Bertz CT molecular complexity index is 1190. The van der Waals surface area contributed by atoms with Crippen molar-refractivity contribution >= 4 is 34.7 Å². The number of H-pyrrole nitrogens is 1. The molecule has 0 unspecified atom stereocenters. The van der Waals surface area contributed by atoms with E-state index in [-0.39, 0.29) is 0 Å². The topological polar surface area (TPSA) is 91.4 Å². The molecule has 5 rings (SSSR count). The summed E-state index contributed by atoms with van der Waals surface area (Å²) in [6, 6.07) is 14.3. The second kappa shape index (κ2) is 8.73. The van der Waals surface area contributed by atoms with E-state index in [0.717, 1.165) is 29.8 Å². The zero-order chi connectivity index (χ0) is 21.0. The number of halogens is 1. The Balaban J connectivity index is 1.40. The third-order valence-electron chi connectivity index (χ3n) is 5.45. The van der Waals surface area contributed by atoms with Crippen LogP contribution in [0.5, 0.6) is 0 Å². The number of aryl methyl sites for hydroxylation is 2. The molecule has 0 amide bonds. The first kappa shape index (κ1) is 19.5. The molecule has 0 radical (unpaired) electrons. The summed E-state index contributed by atoms with van der Waals surface area (Å²) in [7, 11) is 0. The number of hydrogen-bond donors (Lipinski definition) is 3. The molecule has 2 aromatic carbocycles. The van der Waals surface area contributed by atoms with Crippen LogP contribution >= 0.6 is 11.6 Å². The zero-order valence-corrected chi connectivity index (χ0v) is 17.7. The van der Waals surface area contributed by atoms with E-state index in [4.69, 9.17) is 11.6 Å². The number of anilines is 4. The van der Waals surface area contributed by atoms with Crippen LogP contribution in [0.15, 0.2) is 55.0 Å². The average molecular weight is 432 g/mol. The van der Waals surface area contributed by atoms with Crippen LogP contribution < -0.4 is 10.6 Å². The quantitative estimate of drug-likeness (QED) is 0.352. The molecule has 0 saturated carbocycles. The molecule has 0 bridgehead atoms. The number of nitrogens with zero attached hydrogens (tertiary/aromatic N) is 4. The summed E-state index contributed by atoms with van der Waals surface area (Å²) in [5, 5.41) is 13.9. The smallest absolute Gasteiger partial charge is 0.229 e. The lowest BCUT2D eigenvalue weighted by molar-refractivity contribution is 0.711. The molecular weight excluding hydrogens is 410 g/mol. The highest BCUT2D eigenvalue weighted by Gasteiger charge is 2.13. The highest BCUT2D eigenvalue weighted by Crippen LogP contribution is 2.31. The van der Waals surface area contributed by atoms with Crippen LogP contribution in [0.1, 0.15) is 30.4 Å². The normalized spacial score (nSPS) is 13.3. The van der Waals surface area contributed by atoms with Gasteiger partial charge in [-0.15, -0.1) is 0 Å². The van der Waals surface area contributed by atoms with Crippen LogP contribution in [-0.2, 0) is 12.8 Å². The molecule has 0 fully saturated rings. The van der Waals surface area contributed by atoms with Crippen LogP contribution in [-0.4, -0.2) is 25.1 Å². The van der Waals surface area contributed by atoms with Crippen molar-refractivity contribution in [3.05, 3.63) is 71.1 Å². The van der Waals surface area contributed by atoms with Gasteiger partial charge in [-0.05, 0) is 61.1 Å². The molecule has 0 saturated heterocycles. The third kappa shape index (κ3) is 4.36. The molecule has 7 nitrogen and oxygen atoms in total. The first-order valence-electron chi connectivity index (χ1n) is 10.4. The van der Waals surface area contributed by atoms with Crippen molar-refractivity contribution in [3.63, 3.8) is 0 Å². The van der Waals surface area contributed by atoms with E-state index in [1.165, 1.54) is 36.7 Å². The molecule has 3 N–H and O–H groups in total. The van der Waals surface area contributed by atoms with Gasteiger partial charge in [0, 0.05) is 11.3 Å². The van der Waals surface area contributed by atoms with E-state index >= 15 is 0 Å². The Morgan fingerprint density at radius 1 is 0.903 bits per heavy atom. The number of rotatable bonds is 5. The SMILES string of the molecule is Clc1cnc(Nc2ccc3c(c2)CCCCC3)nc1Nc1ccccc1-c1ncn[nH]1. The summed E-state index contributed by atoms with van der Waals surface area (Å²) in [6.45, 7) is 0. The fourth-order valence-electron chi connectivity index (χ4n) is 3.89. The first-order valence-corrected chi connectivity index (χ1v) is 10.8. The van der Waals surface area contributed by atoms with Crippen molar-refractivity contribution in [1.29, 1.82) is 0 Å². The number of aromatic nitrogens is 5. The molecule has 4 aromatic rings. The van der Waals surface area contributed by atoms with Crippen molar-refractivity contribution in [2.75, 3.05) is 10.6 Å². The maximum atomic E-state index is 6.39. The van der Waals surface area contributed by atoms with E-state index < -0.39 is 0 Å². The lowest BCUT2D eigenvalue weighted by atomic mass is 10.0. The summed E-state index contributed by atoms with van der Waals surface area (Å²) in [5.74, 6) is 1.66.